The van der Waals surface area contributed by atoms with Gasteiger partial charge in [-0.25, -0.2) is 0 Å². The van der Waals surface area contributed by atoms with Gasteiger partial charge < -0.3 is 14.2 Å². The average molecular weight is 765 g/mol. The highest BCUT2D eigenvalue weighted by Gasteiger charge is 2.17. The van der Waals surface area contributed by atoms with Crippen LogP contribution in [0.15, 0.2) is 0 Å². The van der Waals surface area contributed by atoms with E-state index in [0.717, 1.165) is 32.1 Å². The number of unbranched alkanes of at least 4 members (excludes halogenated alkanes) is 35. The van der Waals surface area contributed by atoms with Crippen LogP contribution in [0.5, 0.6) is 0 Å². The summed E-state index contributed by atoms with van der Waals surface area (Å²) in [5.41, 5.74) is 0. The third-order valence-corrected chi connectivity index (χ3v) is 11.1. The van der Waals surface area contributed by atoms with Crippen molar-refractivity contribution in [1.82, 2.24) is 0 Å². The fourth-order valence-electron chi connectivity index (χ4n) is 7.45. The molecule has 322 valence electrons. The number of hydrogen-bond donors (Lipinski definition) is 0. The molecule has 0 rings (SSSR count). The maximum atomic E-state index is 12.6. The molecule has 0 N–H and O–H groups in total. The second-order valence-corrected chi connectivity index (χ2v) is 16.7. The summed E-state index contributed by atoms with van der Waals surface area (Å²) in [4.78, 5) is 25.1. The number of carbonyl (C=O) groups excluding carboxylic acids is 2. The van der Waals surface area contributed by atoms with Gasteiger partial charge in [0, 0.05) is 19.4 Å². The lowest BCUT2D eigenvalue weighted by Gasteiger charge is -2.18. The minimum absolute atomic E-state index is 0.0964. The molecular weight excluding hydrogens is 669 g/mol. The molecule has 1 atom stereocenters. The lowest BCUT2D eigenvalue weighted by molar-refractivity contribution is -0.163. The van der Waals surface area contributed by atoms with E-state index >= 15 is 0 Å². The van der Waals surface area contributed by atoms with Crippen molar-refractivity contribution in [2.24, 2.45) is 0 Å². The van der Waals surface area contributed by atoms with Crippen molar-refractivity contribution in [3.05, 3.63) is 0 Å². The second-order valence-electron chi connectivity index (χ2n) is 16.7. The smallest absolute Gasteiger partial charge is 0.306 e. The van der Waals surface area contributed by atoms with Crippen molar-refractivity contribution < 1.29 is 23.8 Å². The Labute approximate surface area is 338 Å². The molecule has 5 heteroatoms. The normalized spacial score (nSPS) is 12.0. The second kappa shape index (κ2) is 46.3. The summed E-state index contributed by atoms with van der Waals surface area (Å²) in [5, 5.41) is 0. The average Bonchev–Trinajstić information content (AvgIpc) is 3.17. The quantitative estimate of drug-likeness (QED) is 0.0456. The van der Waals surface area contributed by atoms with E-state index in [-0.39, 0.29) is 18.5 Å². The Hall–Kier alpha value is -1.10. The summed E-state index contributed by atoms with van der Waals surface area (Å²) < 4.78 is 17.3. The zero-order valence-corrected chi connectivity index (χ0v) is 37.0. The Balaban J connectivity index is 4.04. The van der Waals surface area contributed by atoms with E-state index in [1.807, 2.05) is 0 Å². The van der Waals surface area contributed by atoms with E-state index < -0.39 is 6.10 Å². The lowest BCUT2D eigenvalue weighted by Crippen LogP contribution is -2.30. The largest absolute Gasteiger partial charge is 0.462 e. The van der Waals surface area contributed by atoms with Crippen molar-refractivity contribution in [3.8, 4) is 0 Å². The zero-order chi connectivity index (χ0) is 39.3. The highest BCUT2D eigenvalue weighted by atomic mass is 16.6. The first-order valence-electron chi connectivity index (χ1n) is 24.6. The first-order chi connectivity index (χ1) is 26.6. The van der Waals surface area contributed by atoms with Gasteiger partial charge in [0.15, 0.2) is 6.10 Å². The fourth-order valence-corrected chi connectivity index (χ4v) is 7.45. The van der Waals surface area contributed by atoms with Crippen LogP contribution in [0.2, 0.25) is 0 Å². The van der Waals surface area contributed by atoms with Gasteiger partial charge in [0.1, 0.15) is 6.61 Å². The van der Waals surface area contributed by atoms with Crippen LogP contribution in [0.1, 0.15) is 278 Å². The number of hydrogen-bond acceptors (Lipinski definition) is 5. The van der Waals surface area contributed by atoms with Gasteiger partial charge in [-0.1, -0.05) is 245 Å². The summed E-state index contributed by atoms with van der Waals surface area (Å²) in [5.74, 6) is -0.382. The molecule has 0 aliphatic heterocycles. The van der Waals surface area contributed by atoms with Crippen molar-refractivity contribution in [2.45, 2.75) is 284 Å². The fraction of sp³-hybridized carbons (Fsp3) is 0.959. The summed E-state index contributed by atoms with van der Waals surface area (Å²) in [7, 11) is 0. The van der Waals surface area contributed by atoms with Crippen LogP contribution in [-0.2, 0) is 23.8 Å². The Morgan fingerprint density at radius 2 is 0.611 bits per heavy atom. The number of carbonyl (C=O) groups is 2. The van der Waals surface area contributed by atoms with Crippen LogP contribution in [0.4, 0.5) is 0 Å². The van der Waals surface area contributed by atoms with Gasteiger partial charge in [-0.2, -0.15) is 0 Å². The van der Waals surface area contributed by atoms with Crippen LogP contribution in [-0.4, -0.2) is 37.9 Å². The van der Waals surface area contributed by atoms with E-state index in [1.54, 1.807) is 0 Å². The lowest BCUT2D eigenvalue weighted by atomic mass is 10.0. The van der Waals surface area contributed by atoms with Crippen LogP contribution < -0.4 is 0 Å². The number of esters is 2. The topological polar surface area (TPSA) is 61.8 Å². The Kier molecular flexibility index (Phi) is 45.3. The molecule has 0 aliphatic rings. The van der Waals surface area contributed by atoms with E-state index in [0.29, 0.717) is 26.1 Å². The molecule has 0 aromatic carbocycles. The first-order valence-corrected chi connectivity index (χ1v) is 24.6. The minimum atomic E-state index is -0.520. The van der Waals surface area contributed by atoms with Gasteiger partial charge in [-0.05, 0) is 19.3 Å². The van der Waals surface area contributed by atoms with Crippen molar-refractivity contribution in [1.29, 1.82) is 0 Å². The maximum absolute atomic E-state index is 12.6. The van der Waals surface area contributed by atoms with Gasteiger partial charge in [0.2, 0.25) is 0 Å². The Morgan fingerprint density at radius 1 is 0.333 bits per heavy atom. The summed E-state index contributed by atoms with van der Waals surface area (Å²) in [6, 6.07) is 0. The van der Waals surface area contributed by atoms with E-state index in [9.17, 15) is 9.59 Å². The van der Waals surface area contributed by atoms with E-state index in [4.69, 9.17) is 14.2 Å². The number of rotatable bonds is 46. The summed E-state index contributed by atoms with van der Waals surface area (Å²) >= 11 is 0. The molecule has 0 spiro atoms. The predicted molar refractivity (Wildman–Crippen MR) is 233 cm³/mol. The predicted octanol–water partition coefficient (Wildman–Crippen LogP) is 16.1. The van der Waals surface area contributed by atoms with Gasteiger partial charge in [0.25, 0.3) is 0 Å². The maximum Gasteiger partial charge on any atom is 0.306 e. The summed E-state index contributed by atoms with van der Waals surface area (Å²) in [6.07, 6.45) is 49.7. The molecule has 0 radical (unpaired) electrons. The Morgan fingerprint density at radius 3 is 0.944 bits per heavy atom. The van der Waals surface area contributed by atoms with Gasteiger partial charge >= 0.3 is 11.9 Å². The Bertz CT molecular complexity index is 740. The molecule has 0 aromatic heterocycles. The highest BCUT2D eigenvalue weighted by Crippen LogP contribution is 2.16. The molecule has 0 saturated carbocycles. The minimum Gasteiger partial charge on any atom is -0.462 e. The van der Waals surface area contributed by atoms with Crippen molar-refractivity contribution in [2.75, 3.05) is 19.8 Å². The molecule has 0 amide bonds. The van der Waals surface area contributed by atoms with E-state index in [2.05, 4.69) is 20.8 Å². The monoisotopic (exact) mass is 765 g/mol. The first kappa shape index (κ1) is 52.9. The van der Waals surface area contributed by atoms with Crippen LogP contribution >= 0.6 is 0 Å². The van der Waals surface area contributed by atoms with Gasteiger partial charge in [-0.15, -0.1) is 0 Å². The molecule has 0 saturated heterocycles. The van der Waals surface area contributed by atoms with Crippen LogP contribution in [0, 0.1) is 0 Å². The molecule has 0 aliphatic carbocycles. The van der Waals surface area contributed by atoms with Gasteiger partial charge in [-0.3, -0.25) is 9.59 Å². The molecule has 0 heterocycles. The van der Waals surface area contributed by atoms with Gasteiger partial charge in [0.05, 0.1) is 6.61 Å². The molecular formula is C49H96O5. The van der Waals surface area contributed by atoms with E-state index in [1.165, 1.54) is 212 Å². The van der Waals surface area contributed by atoms with Crippen LogP contribution in [0.3, 0.4) is 0 Å². The molecule has 54 heavy (non-hydrogen) atoms. The molecule has 0 fully saturated rings. The molecule has 5 nitrogen and oxygen atoms in total. The number of ether oxygens (including phenoxy) is 3. The zero-order valence-electron chi connectivity index (χ0n) is 37.0. The SMILES string of the molecule is CCCCCCCCCCCCCCCCCCCCOCC(COC(=O)CCCCCCCCCCCCCCC)OC(=O)CCCCCCCCC. The molecule has 1 unspecified atom stereocenters. The van der Waals surface area contributed by atoms with Crippen molar-refractivity contribution in [3.63, 3.8) is 0 Å². The molecule has 0 aromatic rings. The van der Waals surface area contributed by atoms with Crippen LogP contribution in [0.25, 0.3) is 0 Å². The highest BCUT2D eigenvalue weighted by molar-refractivity contribution is 5.70. The standard InChI is InChI=1S/C49H96O5/c1-4-7-10-13-16-18-20-22-23-24-25-26-28-30-32-35-38-41-44-52-45-47(54-49(51)43-40-37-33-15-12-9-6-3)46-53-48(50)42-39-36-34-31-29-27-21-19-17-14-11-8-5-2/h47H,4-46H2,1-3H3. The third-order valence-electron chi connectivity index (χ3n) is 11.1. The third kappa shape index (κ3) is 43.6. The summed E-state index contributed by atoms with van der Waals surface area (Å²) in [6.45, 7) is 7.86. The molecule has 0 bridgehead atoms. The van der Waals surface area contributed by atoms with Crippen molar-refractivity contribution >= 4 is 11.9 Å².